The van der Waals surface area contributed by atoms with Crippen molar-refractivity contribution in [3.63, 3.8) is 0 Å². The van der Waals surface area contributed by atoms with Gasteiger partial charge in [0.15, 0.2) is 6.10 Å². The van der Waals surface area contributed by atoms with Crippen LogP contribution in [0.15, 0.2) is 23.7 Å². The number of carbonyl (C=O) groups excluding carboxylic acids is 2. The van der Waals surface area contributed by atoms with Crippen LogP contribution in [0, 0.1) is 0 Å². The Morgan fingerprint density at radius 1 is 1.00 bits per heavy atom. The van der Waals surface area contributed by atoms with Gasteiger partial charge in [-0.05, 0) is 32.1 Å². The normalized spacial score (nSPS) is 17.4. The first-order chi connectivity index (χ1) is 15.0. The summed E-state index contributed by atoms with van der Waals surface area (Å²) < 4.78 is 9.73. The maximum atomic E-state index is 12.0. The first-order valence-electron chi connectivity index (χ1n) is 11.8. The summed E-state index contributed by atoms with van der Waals surface area (Å²) in [7, 11) is 0. The van der Waals surface area contributed by atoms with Gasteiger partial charge >= 0.3 is 11.9 Å². The Morgan fingerprint density at radius 3 is 2.13 bits per heavy atom. The maximum absolute atomic E-state index is 12.0. The molecule has 0 radical (unpaired) electrons. The van der Waals surface area contributed by atoms with E-state index < -0.39 is 42.3 Å². The summed E-state index contributed by atoms with van der Waals surface area (Å²) in [6.45, 7) is 1.54. The van der Waals surface area contributed by atoms with E-state index in [2.05, 4.69) is 19.1 Å². The van der Waals surface area contributed by atoms with E-state index in [1.54, 1.807) is 0 Å². The van der Waals surface area contributed by atoms with E-state index in [0.717, 1.165) is 32.1 Å². The van der Waals surface area contributed by atoms with Crippen LogP contribution in [0.1, 0.15) is 96.8 Å². The van der Waals surface area contributed by atoms with Gasteiger partial charge in [0.2, 0.25) is 11.5 Å². The van der Waals surface area contributed by atoms with Gasteiger partial charge in [-0.2, -0.15) is 0 Å². The molecule has 0 unspecified atom stereocenters. The third-order valence-corrected chi connectivity index (χ3v) is 5.32. The van der Waals surface area contributed by atoms with E-state index in [1.807, 2.05) is 0 Å². The molecular formula is C24H40O7. The minimum Gasteiger partial charge on any atom is -0.499 e. The first kappa shape index (κ1) is 27.2. The molecule has 0 saturated carbocycles. The fourth-order valence-electron chi connectivity index (χ4n) is 3.43. The number of hydrogen-bond acceptors (Lipinski definition) is 7. The number of carbonyl (C=O) groups is 2. The van der Waals surface area contributed by atoms with Crippen LogP contribution in [0.4, 0.5) is 0 Å². The topological polar surface area (TPSA) is 113 Å². The molecule has 0 saturated heterocycles. The third-order valence-electron chi connectivity index (χ3n) is 5.32. The van der Waals surface area contributed by atoms with Crippen LogP contribution >= 0.6 is 0 Å². The highest BCUT2D eigenvalue weighted by Crippen LogP contribution is 2.25. The number of ether oxygens (including phenoxy) is 2. The molecule has 1 aliphatic rings. The molecule has 3 N–H and O–H groups in total. The van der Waals surface area contributed by atoms with Gasteiger partial charge in [0.1, 0.15) is 6.10 Å². The molecule has 0 aromatic carbocycles. The summed E-state index contributed by atoms with van der Waals surface area (Å²) in [5.41, 5.74) is 0. The number of cyclic esters (lactones) is 1. The Kier molecular flexibility index (Phi) is 14.7. The molecule has 0 aromatic heterocycles. The molecule has 0 aromatic rings. The molecule has 7 heteroatoms. The second-order valence-corrected chi connectivity index (χ2v) is 8.10. The van der Waals surface area contributed by atoms with E-state index in [-0.39, 0.29) is 6.42 Å². The summed E-state index contributed by atoms with van der Waals surface area (Å²) in [6, 6.07) is 0. The van der Waals surface area contributed by atoms with Gasteiger partial charge in [-0.25, -0.2) is 4.79 Å². The molecule has 7 nitrogen and oxygen atoms in total. The van der Waals surface area contributed by atoms with Crippen LogP contribution in [-0.2, 0) is 19.1 Å². The van der Waals surface area contributed by atoms with Gasteiger partial charge in [0.05, 0.1) is 6.61 Å². The number of esters is 2. The van der Waals surface area contributed by atoms with Gasteiger partial charge in [0.25, 0.3) is 0 Å². The average Bonchev–Trinajstić information content (AvgIpc) is 3.04. The zero-order valence-corrected chi connectivity index (χ0v) is 18.9. The van der Waals surface area contributed by atoms with Crippen molar-refractivity contribution in [1.29, 1.82) is 0 Å². The minimum atomic E-state index is -1.46. The van der Waals surface area contributed by atoms with Gasteiger partial charge in [-0.1, -0.05) is 70.4 Å². The molecule has 31 heavy (non-hydrogen) atoms. The summed E-state index contributed by atoms with van der Waals surface area (Å²) in [5, 5.41) is 28.3. The number of rotatable bonds is 18. The van der Waals surface area contributed by atoms with Crippen LogP contribution in [0.25, 0.3) is 0 Å². The monoisotopic (exact) mass is 440 g/mol. The van der Waals surface area contributed by atoms with E-state index >= 15 is 0 Å². The Bertz CT molecular complexity index is 582. The summed E-state index contributed by atoms with van der Waals surface area (Å²) in [4.78, 5) is 23.3. The molecule has 1 aliphatic heterocycles. The molecule has 2 atom stereocenters. The van der Waals surface area contributed by atoms with Crippen molar-refractivity contribution < 1.29 is 34.4 Å². The van der Waals surface area contributed by atoms with Crippen molar-refractivity contribution in [2.24, 2.45) is 0 Å². The number of hydrogen-bond donors (Lipinski definition) is 3. The Morgan fingerprint density at radius 2 is 1.55 bits per heavy atom. The van der Waals surface area contributed by atoms with E-state index in [9.17, 15) is 19.8 Å². The van der Waals surface area contributed by atoms with Crippen molar-refractivity contribution in [3.05, 3.63) is 23.7 Å². The van der Waals surface area contributed by atoms with Crippen molar-refractivity contribution in [2.75, 3.05) is 6.61 Å². The largest absolute Gasteiger partial charge is 0.499 e. The Labute approximate surface area is 186 Å². The maximum Gasteiger partial charge on any atom is 0.378 e. The number of unbranched alkanes of at least 4 members (excludes halogenated alkanes) is 11. The second kappa shape index (κ2) is 16.8. The highest BCUT2D eigenvalue weighted by Gasteiger charge is 2.41. The van der Waals surface area contributed by atoms with Crippen molar-refractivity contribution >= 4 is 11.9 Å². The standard InChI is InChI=1S/C24H40O7/c1-2-3-4-5-6-7-8-9-10-11-12-13-14-15-16-17-20(27)30-23-21(28)24(29)31-22(23)19(26)18-25/h9-10,19,22,25-26,28H,2-8,11-18H2,1H3/b10-9-/t19-,22+/m0/s1. The van der Waals surface area contributed by atoms with Crippen LogP contribution in [0.2, 0.25) is 0 Å². The molecule has 0 bridgehead atoms. The Balaban J connectivity index is 2.05. The lowest BCUT2D eigenvalue weighted by Gasteiger charge is -2.17. The molecule has 0 aliphatic carbocycles. The predicted molar refractivity (Wildman–Crippen MR) is 118 cm³/mol. The van der Waals surface area contributed by atoms with Crippen LogP contribution in [-0.4, -0.2) is 46.1 Å². The summed E-state index contributed by atoms with van der Waals surface area (Å²) >= 11 is 0. The fraction of sp³-hybridized carbons (Fsp3) is 0.750. The van der Waals surface area contributed by atoms with Crippen molar-refractivity contribution in [2.45, 2.75) is 109 Å². The van der Waals surface area contributed by atoms with Crippen LogP contribution < -0.4 is 0 Å². The molecule has 0 fully saturated rings. The summed E-state index contributed by atoms with van der Waals surface area (Å²) in [6.07, 6.45) is 16.9. The molecule has 1 rings (SSSR count). The van der Waals surface area contributed by atoms with Crippen LogP contribution in [0.5, 0.6) is 0 Å². The van der Waals surface area contributed by atoms with Crippen LogP contribution in [0.3, 0.4) is 0 Å². The molecule has 0 spiro atoms. The fourth-order valence-corrected chi connectivity index (χ4v) is 3.43. The zero-order chi connectivity index (χ0) is 22.9. The third kappa shape index (κ3) is 11.4. The Hall–Kier alpha value is -1.86. The lowest BCUT2D eigenvalue weighted by Crippen LogP contribution is -2.33. The van der Waals surface area contributed by atoms with E-state index in [0.29, 0.717) is 6.42 Å². The SMILES string of the molecule is CCCCCCCC/C=C\CCCCCCCC(=O)OC1=C(O)C(=O)O[C@@H]1[C@@H](O)CO. The van der Waals surface area contributed by atoms with Gasteiger partial charge in [0, 0.05) is 6.42 Å². The smallest absolute Gasteiger partial charge is 0.378 e. The average molecular weight is 441 g/mol. The first-order valence-corrected chi connectivity index (χ1v) is 11.8. The van der Waals surface area contributed by atoms with E-state index in [4.69, 9.17) is 14.6 Å². The van der Waals surface area contributed by atoms with Crippen molar-refractivity contribution in [1.82, 2.24) is 0 Å². The summed E-state index contributed by atoms with van der Waals surface area (Å²) in [5.74, 6) is -2.95. The lowest BCUT2D eigenvalue weighted by atomic mass is 10.1. The van der Waals surface area contributed by atoms with E-state index in [1.165, 1.54) is 44.9 Å². The number of aliphatic hydroxyl groups is 3. The lowest BCUT2D eigenvalue weighted by molar-refractivity contribution is -0.151. The minimum absolute atomic E-state index is 0.144. The number of allylic oxidation sites excluding steroid dienone is 2. The quantitative estimate of drug-likeness (QED) is 0.162. The highest BCUT2D eigenvalue weighted by molar-refractivity contribution is 5.90. The van der Waals surface area contributed by atoms with Crippen molar-refractivity contribution in [3.8, 4) is 0 Å². The second-order valence-electron chi connectivity index (χ2n) is 8.10. The van der Waals surface area contributed by atoms with Gasteiger partial charge in [-0.3, -0.25) is 4.79 Å². The zero-order valence-electron chi connectivity index (χ0n) is 18.9. The molecule has 1 heterocycles. The molecule has 178 valence electrons. The van der Waals surface area contributed by atoms with Gasteiger partial charge < -0.3 is 24.8 Å². The predicted octanol–water partition coefficient (Wildman–Crippen LogP) is 4.62. The molecule has 0 amide bonds. The number of aliphatic hydroxyl groups excluding tert-OH is 3. The molecular weight excluding hydrogens is 400 g/mol. The highest BCUT2D eigenvalue weighted by atomic mass is 16.6. The van der Waals surface area contributed by atoms with Gasteiger partial charge in [-0.15, -0.1) is 0 Å².